The monoisotopic (exact) mass is 1020 g/mol. The van der Waals surface area contributed by atoms with Crippen molar-refractivity contribution in [3.8, 4) is 0 Å². The number of hydrogen-bond acceptors (Lipinski definition) is 8. The molecule has 0 aliphatic heterocycles. The summed E-state index contributed by atoms with van der Waals surface area (Å²) in [6.45, 7) is 3.58. The Labute approximate surface area is 437 Å². The standard InChI is InChI=1S/C61H110NO8P/c1-3-5-7-9-11-13-15-17-19-20-21-22-23-24-25-26-27-28-29-30-31-32-33-34-35-36-37-38-40-41-43-45-47-49-51-53-60(63)67-57-59(58-69-71(65,66)68-56-55-62)70-61(64)54-52-50-48-46-44-42-39-18-16-14-12-10-8-6-4-2/h6,8,12,14-15,17-18,20-21,39,44,46,59H,3-5,7,9-11,13,16,19,22-38,40-43,45,47-58,62H2,1-2H3,(H,65,66)/b8-6-,14-12-,17-15-,21-20-,39-18-,46-44-. The van der Waals surface area contributed by atoms with Gasteiger partial charge in [0.25, 0.3) is 0 Å². The summed E-state index contributed by atoms with van der Waals surface area (Å²) in [5, 5.41) is 0. The minimum absolute atomic E-state index is 0.0449. The first-order valence-corrected chi connectivity index (χ1v) is 30.9. The number of ether oxygens (including phenoxy) is 2. The number of carbonyl (C=O) groups excluding carboxylic acids is 2. The zero-order chi connectivity index (χ0) is 51.7. The first-order chi connectivity index (χ1) is 34.8. The van der Waals surface area contributed by atoms with Gasteiger partial charge in [-0.25, -0.2) is 4.57 Å². The van der Waals surface area contributed by atoms with Crippen LogP contribution in [0.1, 0.15) is 271 Å². The molecule has 0 bridgehead atoms. The van der Waals surface area contributed by atoms with Crippen molar-refractivity contribution in [1.29, 1.82) is 0 Å². The fraction of sp³-hybridized carbons (Fsp3) is 0.770. The number of esters is 2. The molecule has 2 atom stereocenters. The molecule has 0 saturated carbocycles. The van der Waals surface area contributed by atoms with E-state index in [1.54, 1.807) is 0 Å². The summed E-state index contributed by atoms with van der Waals surface area (Å²) in [6, 6.07) is 0. The van der Waals surface area contributed by atoms with E-state index in [-0.39, 0.29) is 38.6 Å². The molecule has 71 heavy (non-hydrogen) atoms. The number of phosphoric acid groups is 1. The third kappa shape index (κ3) is 56.6. The summed E-state index contributed by atoms with van der Waals surface area (Å²) in [5.41, 5.74) is 5.37. The largest absolute Gasteiger partial charge is 0.472 e. The molecule has 0 aromatic rings. The van der Waals surface area contributed by atoms with E-state index in [2.05, 4.69) is 86.8 Å². The van der Waals surface area contributed by atoms with Crippen LogP contribution in [-0.4, -0.2) is 49.3 Å². The molecule has 0 fully saturated rings. The molecule has 0 aromatic heterocycles. The highest BCUT2D eigenvalue weighted by Crippen LogP contribution is 2.43. The number of hydrogen-bond donors (Lipinski definition) is 2. The van der Waals surface area contributed by atoms with Crippen molar-refractivity contribution in [1.82, 2.24) is 0 Å². The predicted molar refractivity (Wildman–Crippen MR) is 302 cm³/mol. The van der Waals surface area contributed by atoms with E-state index in [0.717, 1.165) is 64.2 Å². The maximum Gasteiger partial charge on any atom is 0.472 e. The van der Waals surface area contributed by atoms with Crippen molar-refractivity contribution in [3.05, 3.63) is 72.9 Å². The van der Waals surface area contributed by atoms with Crippen molar-refractivity contribution in [3.63, 3.8) is 0 Å². The van der Waals surface area contributed by atoms with Crippen LogP contribution in [0.3, 0.4) is 0 Å². The quantitative estimate of drug-likeness (QED) is 0.0264. The van der Waals surface area contributed by atoms with Crippen LogP contribution in [0.2, 0.25) is 0 Å². The van der Waals surface area contributed by atoms with Gasteiger partial charge in [-0.2, -0.15) is 0 Å². The Hall–Kier alpha value is -2.55. The third-order valence-corrected chi connectivity index (χ3v) is 13.6. The summed E-state index contributed by atoms with van der Waals surface area (Å²) >= 11 is 0. The number of nitrogens with two attached hydrogens (primary N) is 1. The fourth-order valence-corrected chi connectivity index (χ4v) is 9.01. The van der Waals surface area contributed by atoms with E-state index in [1.807, 2.05) is 0 Å². The lowest BCUT2D eigenvalue weighted by Gasteiger charge is -2.19. The van der Waals surface area contributed by atoms with Crippen molar-refractivity contribution in [2.24, 2.45) is 5.73 Å². The lowest BCUT2D eigenvalue weighted by Crippen LogP contribution is -2.29. The SMILES string of the molecule is CC/C=C\C/C=C\C/C=C\C/C=C\CCCCC(=O)OC(COC(=O)CCCCCCCCCCCCCCCCCCCCCCCCC/C=C\C/C=C\CCCCCCC)COP(=O)(O)OCCN. The van der Waals surface area contributed by atoms with E-state index in [0.29, 0.717) is 6.42 Å². The van der Waals surface area contributed by atoms with Gasteiger partial charge in [-0.15, -0.1) is 0 Å². The highest BCUT2D eigenvalue weighted by atomic mass is 31.2. The smallest absolute Gasteiger partial charge is 0.462 e. The van der Waals surface area contributed by atoms with Gasteiger partial charge < -0.3 is 20.1 Å². The molecule has 0 spiro atoms. The molecule has 10 heteroatoms. The zero-order valence-corrected chi connectivity index (χ0v) is 46.8. The molecule has 0 amide bonds. The van der Waals surface area contributed by atoms with Gasteiger partial charge in [0.15, 0.2) is 6.10 Å². The van der Waals surface area contributed by atoms with Gasteiger partial charge in [0, 0.05) is 19.4 Å². The van der Waals surface area contributed by atoms with Gasteiger partial charge in [-0.3, -0.25) is 18.6 Å². The highest BCUT2D eigenvalue weighted by molar-refractivity contribution is 7.47. The van der Waals surface area contributed by atoms with Gasteiger partial charge in [0.1, 0.15) is 6.61 Å². The van der Waals surface area contributed by atoms with Gasteiger partial charge in [0.05, 0.1) is 13.2 Å². The molecule has 9 nitrogen and oxygen atoms in total. The molecular formula is C61H110NO8P. The second-order valence-corrected chi connectivity index (χ2v) is 20.9. The molecule has 412 valence electrons. The van der Waals surface area contributed by atoms with Gasteiger partial charge in [-0.05, 0) is 83.5 Å². The van der Waals surface area contributed by atoms with E-state index in [4.69, 9.17) is 24.3 Å². The number of phosphoric ester groups is 1. The zero-order valence-electron chi connectivity index (χ0n) is 45.9. The maximum atomic E-state index is 12.6. The molecule has 0 saturated heterocycles. The van der Waals surface area contributed by atoms with Crippen LogP contribution in [0.25, 0.3) is 0 Å². The van der Waals surface area contributed by atoms with Crippen LogP contribution >= 0.6 is 7.82 Å². The predicted octanol–water partition coefficient (Wildman–Crippen LogP) is 18.5. The number of allylic oxidation sites excluding steroid dienone is 12. The van der Waals surface area contributed by atoms with Crippen LogP contribution in [0.5, 0.6) is 0 Å². The number of rotatable bonds is 55. The Morgan fingerprint density at radius 3 is 1.18 bits per heavy atom. The second kappa shape index (κ2) is 56.7. The Morgan fingerprint density at radius 1 is 0.437 bits per heavy atom. The fourth-order valence-electron chi connectivity index (χ4n) is 8.25. The molecule has 0 radical (unpaired) electrons. The van der Waals surface area contributed by atoms with Crippen LogP contribution in [0.15, 0.2) is 72.9 Å². The summed E-state index contributed by atoms with van der Waals surface area (Å²) in [6.07, 6.45) is 72.8. The van der Waals surface area contributed by atoms with E-state index < -0.39 is 26.5 Å². The molecule has 0 rings (SSSR count). The molecule has 2 unspecified atom stereocenters. The minimum atomic E-state index is -4.40. The van der Waals surface area contributed by atoms with Gasteiger partial charge in [-0.1, -0.05) is 247 Å². The first kappa shape index (κ1) is 68.5. The topological polar surface area (TPSA) is 134 Å². The summed E-state index contributed by atoms with van der Waals surface area (Å²) in [4.78, 5) is 35.1. The average Bonchev–Trinajstić information content (AvgIpc) is 3.36. The molecule has 0 aliphatic rings. The molecule has 0 heterocycles. The lowest BCUT2D eigenvalue weighted by molar-refractivity contribution is -0.161. The van der Waals surface area contributed by atoms with Crippen LogP contribution in [-0.2, 0) is 32.7 Å². The van der Waals surface area contributed by atoms with E-state index >= 15 is 0 Å². The van der Waals surface area contributed by atoms with Crippen LogP contribution in [0, 0.1) is 0 Å². The number of unbranched alkanes of at least 4 members (excludes halogenated alkanes) is 30. The molecule has 0 aromatic carbocycles. The second-order valence-electron chi connectivity index (χ2n) is 19.5. The molecular weight excluding hydrogens is 906 g/mol. The lowest BCUT2D eigenvalue weighted by atomic mass is 10.0. The third-order valence-electron chi connectivity index (χ3n) is 12.6. The highest BCUT2D eigenvalue weighted by Gasteiger charge is 2.26. The van der Waals surface area contributed by atoms with Crippen LogP contribution < -0.4 is 5.73 Å². The Kier molecular flexibility index (Phi) is 54.7. The Morgan fingerprint density at radius 2 is 0.775 bits per heavy atom. The van der Waals surface area contributed by atoms with Crippen LogP contribution in [0.4, 0.5) is 0 Å². The average molecular weight is 1020 g/mol. The summed E-state index contributed by atoms with van der Waals surface area (Å²) in [7, 11) is -4.40. The minimum Gasteiger partial charge on any atom is -0.462 e. The Bertz CT molecular complexity index is 1390. The summed E-state index contributed by atoms with van der Waals surface area (Å²) < 4.78 is 32.9. The van der Waals surface area contributed by atoms with Crippen molar-refractivity contribution >= 4 is 19.8 Å². The summed E-state index contributed by atoms with van der Waals surface area (Å²) in [5.74, 6) is -0.871. The van der Waals surface area contributed by atoms with Crippen molar-refractivity contribution < 1.29 is 37.6 Å². The molecule has 0 aliphatic carbocycles. The first-order valence-electron chi connectivity index (χ1n) is 29.4. The van der Waals surface area contributed by atoms with Crippen molar-refractivity contribution in [2.75, 3.05) is 26.4 Å². The Balaban J connectivity index is 3.84. The van der Waals surface area contributed by atoms with Gasteiger partial charge in [0.2, 0.25) is 0 Å². The van der Waals surface area contributed by atoms with Gasteiger partial charge >= 0.3 is 19.8 Å². The van der Waals surface area contributed by atoms with E-state index in [1.165, 1.54) is 173 Å². The van der Waals surface area contributed by atoms with Crippen molar-refractivity contribution in [2.45, 2.75) is 277 Å². The number of carbonyl (C=O) groups is 2. The molecule has 3 N–H and O–H groups in total. The van der Waals surface area contributed by atoms with E-state index in [9.17, 15) is 19.0 Å². The maximum absolute atomic E-state index is 12.6. The normalized spacial score (nSPS) is 13.6.